The van der Waals surface area contributed by atoms with E-state index in [2.05, 4.69) is 34.2 Å². The average molecular weight is 578 g/mol. The minimum absolute atomic E-state index is 0.0731. The summed E-state index contributed by atoms with van der Waals surface area (Å²) in [6, 6.07) is 19.5. The van der Waals surface area contributed by atoms with Crippen LogP contribution in [0.3, 0.4) is 0 Å². The number of rotatable bonds is 9. The zero-order valence-electron chi connectivity index (χ0n) is 22.7. The van der Waals surface area contributed by atoms with E-state index >= 15 is 0 Å². The number of carbonyl (C=O) groups excluding carboxylic acids is 1. The van der Waals surface area contributed by atoms with Gasteiger partial charge in [0.25, 0.3) is 0 Å². The van der Waals surface area contributed by atoms with Gasteiger partial charge in [-0.3, -0.25) is 9.69 Å². The van der Waals surface area contributed by atoms with Crippen molar-refractivity contribution in [2.75, 3.05) is 45.8 Å². The van der Waals surface area contributed by atoms with E-state index in [1.165, 1.54) is 17.7 Å². The second kappa shape index (κ2) is 13.1. The molecule has 3 aromatic rings. The third-order valence-corrected chi connectivity index (χ3v) is 7.43. The van der Waals surface area contributed by atoms with Crippen molar-refractivity contribution in [2.24, 2.45) is 0 Å². The van der Waals surface area contributed by atoms with Gasteiger partial charge >= 0.3 is 12.4 Å². The highest BCUT2D eigenvalue weighted by atomic mass is 19.4. The molecule has 0 radical (unpaired) electrons. The Bertz CT molecular complexity index is 1240. The number of piperazine rings is 1. The van der Waals surface area contributed by atoms with E-state index < -0.39 is 35.3 Å². The molecule has 1 aliphatic rings. The van der Waals surface area contributed by atoms with Crippen LogP contribution in [0.25, 0.3) is 0 Å². The Morgan fingerprint density at radius 2 is 1.22 bits per heavy atom. The number of hydrogen-bond acceptors (Lipinski definition) is 3. The molecule has 1 heterocycles. The molecule has 10 heteroatoms. The Kier molecular flexibility index (Phi) is 9.76. The molecule has 41 heavy (non-hydrogen) atoms. The first-order valence-corrected chi connectivity index (χ1v) is 13.5. The van der Waals surface area contributed by atoms with Gasteiger partial charge in [0, 0.05) is 45.8 Å². The lowest BCUT2D eigenvalue weighted by Gasteiger charge is -2.36. The molecule has 1 aliphatic heterocycles. The molecule has 0 bridgehead atoms. The maximum Gasteiger partial charge on any atom is 0.416 e. The van der Waals surface area contributed by atoms with Crippen molar-refractivity contribution in [3.63, 3.8) is 0 Å². The lowest BCUT2D eigenvalue weighted by molar-refractivity contribution is -0.143. The summed E-state index contributed by atoms with van der Waals surface area (Å²) >= 11 is 0. The van der Waals surface area contributed by atoms with Crippen LogP contribution in [0.1, 0.15) is 46.6 Å². The zero-order valence-corrected chi connectivity index (χ0v) is 22.7. The molecule has 1 amide bonds. The van der Waals surface area contributed by atoms with Crippen molar-refractivity contribution < 1.29 is 31.1 Å². The smallest absolute Gasteiger partial charge is 0.354 e. The minimum Gasteiger partial charge on any atom is -0.354 e. The third-order valence-electron chi connectivity index (χ3n) is 7.43. The van der Waals surface area contributed by atoms with Gasteiger partial charge in [0.05, 0.1) is 17.0 Å². The van der Waals surface area contributed by atoms with Crippen LogP contribution < -0.4 is 5.32 Å². The summed E-state index contributed by atoms with van der Waals surface area (Å²) in [5, 5.41) is 2.75. The van der Waals surface area contributed by atoms with Gasteiger partial charge in [-0.15, -0.1) is 0 Å². The van der Waals surface area contributed by atoms with E-state index in [0.717, 1.165) is 32.7 Å². The fourth-order valence-corrected chi connectivity index (χ4v) is 5.20. The number of amides is 1. The summed E-state index contributed by atoms with van der Waals surface area (Å²) in [5.41, 5.74) is -1.67. The van der Waals surface area contributed by atoms with Gasteiger partial charge < -0.3 is 10.2 Å². The summed E-state index contributed by atoms with van der Waals surface area (Å²) < 4.78 is 81.1. The van der Waals surface area contributed by atoms with E-state index in [9.17, 15) is 31.1 Å². The van der Waals surface area contributed by atoms with Gasteiger partial charge in [-0.05, 0) is 40.8 Å². The van der Waals surface area contributed by atoms with Crippen LogP contribution in [0.2, 0.25) is 0 Å². The fraction of sp³-hybridized carbons (Fsp3) is 0.387. The largest absolute Gasteiger partial charge is 0.416 e. The van der Waals surface area contributed by atoms with Crippen LogP contribution in [-0.2, 0) is 17.1 Å². The number of halogens is 6. The van der Waals surface area contributed by atoms with Crippen LogP contribution in [0.4, 0.5) is 26.3 Å². The van der Waals surface area contributed by atoms with E-state index in [0.29, 0.717) is 30.2 Å². The number of benzene rings is 3. The summed E-state index contributed by atoms with van der Waals surface area (Å²) in [6.45, 7) is 7.18. The van der Waals surface area contributed by atoms with Crippen LogP contribution in [-0.4, -0.2) is 61.5 Å². The Morgan fingerprint density at radius 1 is 0.732 bits per heavy atom. The Balaban J connectivity index is 1.40. The first kappa shape index (κ1) is 30.6. The molecular formula is C31H33F6N3O. The summed E-state index contributed by atoms with van der Waals surface area (Å²) in [4.78, 5) is 17.9. The molecule has 4 nitrogen and oxygen atoms in total. The van der Waals surface area contributed by atoms with E-state index in [-0.39, 0.29) is 18.2 Å². The number of alkyl halides is 6. The molecule has 2 atom stereocenters. The molecular weight excluding hydrogens is 544 g/mol. The number of nitrogens with zero attached hydrogens (tertiary/aromatic N) is 2. The van der Waals surface area contributed by atoms with Gasteiger partial charge in [0.15, 0.2) is 0 Å². The van der Waals surface area contributed by atoms with Gasteiger partial charge in [-0.25, -0.2) is 0 Å². The van der Waals surface area contributed by atoms with Crippen molar-refractivity contribution >= 4 is 5.91 Å². The first-order chi connectivity index (χ1) is 19.4. The first-order valence-electron chi connectivity index (χ1n) is 13.5. The molecule has 0 spiro atoms. The highest BCUT2D eigenvalue weighted by Crippen LogP contribution is 2.39. The topological polar surface area (TPSA) is 35.6 Å². The van der Waals surface area contributed by atoms with Crippen molar-refractivity contribution in [3.8, 4) is 0 Å². The lowest BCUT2D eigenvalue weighted by Crippen LogP contribution is -2.49. The maximum atomic E-state index is 13.5. The number of carbonyl (C=O) groups is 1. The number of hydrogen-bond donors (Lipinski definition) is 1. The lowest BCUT2D eigenvalue weighted by atomic mass is 9.88. The highest BCUT2D eigenvalue weighted by Gasteiger charge is 2.38. The van der Waals surface area contributed by atoms with E-state index in [4.69, 9.17) is 0 Å². The quantitative estimate of drug-likeness (QED) is 0.300. The molecule has 1 fully saturated rings. The molecule has 2 unspecified atom stereocenters. The van der Waals surface area contributed by atoms with Gasteiger partial charge in [0.1, 0.15) is 0 Å². The van der Waals surface area contributed by atoms with Crippen LogP contribution >= 0.6 is 0 Å². The monoisotopic (exact) mass is 577 g/mol. The summed E-state index contributed by atoms with van der Waals surface area (Å²) in [6.07, 6.45) is -10.0. The average Bonchev–Trinajstić information content (AvgIpc) is 2.94. The van der Waals surface area contributed by atoms with Crippen molar-refractivity contribution in [3.05, 3.63) is 107 Å². The number of nitrogens with one attached hydrogen (secondary N) is 1. The van der Waals surface area contributed by atoms with Gasteiger partial charge in [-0.2, -0.15) is 26.3 Å². The van der Waals surface area contributed by atoms with E-state index in [1.54, 1.807) is 18.2 Å². The zero-order chi connectivity index (χ0) is 29.6. The molecule has 0 aromatic heterocycles. The molecule has 1 saturated heterocycles. The van der Waals surface area contributed by atoms with Crippen LogP contribution in [0.5, 0.6) is 0 Å². The van der Waals surface area contributed by atoms with Crippen LogP contribution in [0, 0.1) is 0 Å². The molecule has 0 aliphatic carbocycles. The second-order valence-corrected chi connectivity index (χ2v) is 10.4. The van der Waals surface area contributed by atoms with Gasteiger partial charge in [0.2, 0.25) is 5.91 Å². The standard InChI is InChI=1S/C31H33F6N3O/c1-22(23-8-4-2-5-9-23)21-40-16-14-39(15-17-40)13-12-38-29(41)28(24-10-6-3-7-11-24)25-18-26(30(32,33)34)20-27(19-25)31(35,36)37/h2-11,18-20,22,28H,12-17,21H2,1H3,(H,38,41). The van der Waals surface area contributed by atoms with Crippen LogP contribution in [0.15, 0.2) is 78.9 Å². The molecule has 220 valence electrons. The highest BCUT2D eigenvalue weighted by molar-refractivity contribution is 5.87. The predicted octanol–water partition coefficient (Wildman–Crippen LogP) is 6.39. The SMILES string of the molecule is CC(CN1CCN(CCNC(=O)C(c2ccccc2)c2cc(C(F)(F)F)cc(C(F)(F)F)c2)CC1)c1ccccc1. The van der Waals surface area contributed by atoms with Crippen molar-refractivity contribution in [1.29, 1.82) is 0 Å². The summed E-state index contributed by atoms with van der Waals surface area (Å²) in [7, 11) is 0. The van der Waals surface area contributed by atoms with E-state index in [1.807, 2.05) is 18.2 Å². The Morgan fingerprint density at radius 3 is 1.73 bits per heavy atom. The normalized spacial score (nSPS) is 16.8. The van der Waals surface area contributed by atoms with Crippen molar-refractivity contribution in [1.82, 2.24) is 15.1 Å². The fourth-order valence-electron chi connectivity index (χ4n) is 5.20. The third kappa shape index (κ3) is 8.33. The molecule has 0 saturated carbocycles. The van der Waals surface area contributed by atoms with Crippen molar-refractivity contribution in [2.45, 2.75) is 31.1 Å². The molecule has 4 rings (SSSR count). The minimum atomic E-state index is -5.01. The van der Waals surface area contributed by atoms with Gasteiger partial charge in [-0.1, -0.05) is 67.6 Å². The summed E-state index contributed by atoms with van der Waals surface area (Å²) in [5.74, 6) is -1.60. The maximum absolute atomic E-state index is 13.5. The molecule has 1 N–H and O–H groups in total. The predicted molar refractivity (Wildman–Crippen MR) is 145 cm³/mol. The molecule has 3 aromatic carbocycles. The Labute approximate surface area is 236 Å². The Hall–Kier alpha value is -3.37. The second-order valence-electron chi connectivity index (χ2n) is 10.4.